The fourth-order valence-corrected chi connectivity index (χ4v) is 0.546. The third-order valence-electron chi connectivity index (χ3n) is 1.01. The molecule has 0 aromatic rings. The predicted molar refractivity (Wildman–Crippen MR) is 39.2 cm³/mol. The van der Waals surface area contributed by atoms with Crippen LogP contribution in [0.4, 0.5) is 4.79 Å². The second-order valence-corrected chi connectivity index (χ2v) is 1.78. The van der Waals surface area contributed by atoms with Gasteiger partial charge < -0.3 is 4.74 Å². The lowest BCUT2D eigenvalue weighted by Gasteiger charge is -2.17. The number of hydrogen-bond donors (Lipinski definition) is 1. The van der Waals surface area contributed by atoms with Crippen molar-refractivity contribution in [3.63, 3.8) is 0 Å². The number of carbonyl (C=O) groups is 1. The molecule has 1 amide bonds. The highest BCUT2D eigenvalue weighted by Gasteiger charge is 2.04. The number of methoxy groups -OCH3 is 1. The van der Waals surface area contributed by atoms with E-state index in [1.807, 2.05) is 0 Å². The van der Waals surface area contributed by atoms with E-state index >= 15 is 0 Å². The lowest BCUT2D eigenvalue weighted by atomic mass is 10.9. The summed E-state index contributed by atoms with van der Waals surface area (Å²) in [6, 6.07) is 0. The Bertz CT molecular complexity index is 201. The summed E-state index contributed by atoms with van der Waals surface area (Å²) in [7, 11) is 1.29. The summed E-state index contributed by atoms with van der Waals surface area (Å²) in [4.78, 5) is 18.1. The molecule has 1 N–H and O–H groups in total. The number of ether oxygens (including phenoxy) is 1. The Balaban J connectivity index is 2.33. The summed E-state index contributed by atoms with van der Waals surface area (Å²) in [5.74, 6) is 0. The molecule has 0 atom stereocenters. The smallest absolute Gasteiger partial charge is 0.425 e. The van der Waals surface area contributed by atoms with Crippen LogP contribution in [0.3, 0.4) is 0 Å². The first kappa shape index (κ1) is 7.52. The minimum Gasteiger partial charge on any atom is -0.452 e. The average Bonchev–Trinajstić information content (AvgIpc) is 2.06. The predicted octanol–water partition coefficient (Wildman–Crippen LogP) is -0.413. The van der Waals surface area contributed by atoms with Crippen molar-refractivity contribution in [2.45, 2.75) is 0 Å². The lowest BCUT2D eigenvalue weighted by molar-refractivity contribution is 0.149. The Morgan fingerprint density at radius 2 is 2.64 bits per heavy atom. The molecule has 1 aliphatic heterocycles. The molecule has 0 aromatic carbocycles. The van der Waals surface area contributed by atoms with E-state index in [0.29, 0.717) is 6.67 Å². The van der Waals surface area contributed by atoms with Gasteiger partial charge in [0, 0.05) is 0 Å². The van der Waals surface area contributed by atoms with Crippen LogP contribution in [0.15, 0.2) is 9.98 Å². The van der Waals surface area contributed by atoms with E-state index in [1.54, 1.807) is 0 Å². The Kier molecular flexibility index (Phi) is 2.42. The standard InChI is InChI=1S/C5H8N4O2/c1-11-5(10)8-9-3-6-2-7-4-9/h2-3H,4H2,1H3,(H,8,10). The summed E-state index contributed by atoms with van der Waals surface area (Å²) in [6.07, 6.45) is 2.33. The highest BCUT2D eigenvalue weighted by atomic mass is 16.5. The van der Waals surface area contributed by atoms with Crippen molar-refractivity contribution in [1.82, 2.24) is 10.4 Å². The molecular formula is C5H8N4O2. The van der Waals surface area contributed by atoms with E-state index in [9.17, 15) is 4.79 Å². The van der Waals surface area contributed by atoms with Crippen LogP contribution in [0.2, 0.25) is 0 Å². The van der Waals surface area contributed by atoms with Crippen LogP contribution in [0.1, 0.15) is 0 Å². The normalized spacial score (nSPS) is 14.8. The number of rotatable bonds is 1. The maximum atomic E-state index is 10.6. The van der Waals surface area contributed by atoms with Gasteiger partial charge in [0.1, 0.15) is 19.3 Å². The van der Waals surface area contributed by atoms with Crippen LogP contribution in [0, 0.1) is 0 Å². The van der Waals surface area contributed by atoms with Gasteiger partial charge in [-0.1, -0.05) is 0 Å². The molecule has 0 radical (unpaired) electrons. The fourth-order valence-electron chi connectivity index (χ4n) is 0.546. The Morgan fingerprint density at radius 1 is 1.82 bits per heavy atom. The summed E-state index contributed by atoms with van der Waals surface area (Å²) < 4.78 is 4.35. The summed E-state index contributed by atoms with van der Waals surface area (Å²) in [6.45, 7) is 0.360. The van der Waals surface area contributed by atoms with E-state index in [1.165, 1.54) is 24.8 Å². The molecule has 60 valence electrons. The summed E-state index contributed by atoms with van der Waals surface area (Å²) in [5.41, 5.74) is 2.38. The van der Waals surface area contributed by atoms with Crippen LogP contribution in [0.25, 0.3) is 0 Å². The van der Waals surface area contributed by atoms with Gasteiger partial charge in [0.05, 0.1) is 7.11 Å². The largest absolute Gasteiger partial charge is 0.452 e. The van der Waals surface area contributed by atoms with Crippen molar-refractivity contribution in [2.75, 3.05) is 13.8 Å². The third-order valence-corrected chi connectivity index (χ3v) is 1.01. The van der Waals surface area contributed by atoms with Gasteiger partial charge in [0.2, 0.25) is 0 Å². The first-order valence-electron chi connectivity index (χ1n) is 2.96. The number of aliphatic imine (C=N–C) groups is 2. The van der Waals surface area contributed by atoms with Gasteiger partial charge in [-0.05, 0) is 0 Å². The molecule has 6 heteroatoms. The van der Waals surface area contributed by atoms with E-state index in [-0.39, 0.29) is 0 Å². The van der Waals surface area contributed by atoms with Crippen molar-refractivity contribution >= 4 is 18.8 Å². The zero-order chi connectivity index (χ0) is 8.10. The van der Waals surface area contributed by atoms with Gasteiger partial charge in [-0.3, -0.25) is 10.0 Å². The van der Waals surface area contributed by atoms with Gasteiger partial charge in [0.25, 0.3) is 0 Å². The van der Waals surface area contributed by atoms with Crippen LogP contribution >= 0.6 is 0 Å². The highest BCUT2D eigenvalue weighted by Crippen LogP contribution is 1.85. The van der Waals surface area contributed by atoms with E-state index in [0.717, 1.165) is 0 Å². The number of nitrogens with zero attached hydrogens (tertiary/aromatic N) is 3. The quantitative estimate of drug-likeness (QED) is 0.561. The average molecular weight is 156 g/mol. The summed E-state index contributed by atoms with van der Waals surface area (Å²) in [5, 5.41) is 1.41. The molecule has 1 aliphatic rings. The Morgan fingerprint density at radius 3 is 3.18 bits per heavy atom. The molecule has 11 heavy (non-hydrogen) atoms. The zero-order valence-electron chi connectivity index (χ0n) is 6.02. The van der Waals surface area contributed by atoms with E-state index < -0.39 is 6.09 Å². The maximum absolute atomic E-state index is 10.6. The molecule has 6 nitrogen and oxygen atoms in total. The van der Waals surface area contributed by atoms with E-state index in [2.05, 4.69) is 20.1 Å². The first-order valence-corrected chi connectivity index (χ1v) is 2.96. The maximum Gasteiger partial charge on any atom is 0.425 e. The molecule has 0 unspecified atom stereocenters. The van der Waals surface area contributed by atoms with E-state index in [4.69, 9.17) is 0 Å². The first-order chi connectivity index (χ1) is 5.33. The number of amides is 1. The molecule has 0 saturated heterocycles. The Labute approximate surface area is 63.5 Å². The minimum atomic E-state index is -0.534. The molecule has 0 spiro atoms. The molecular weight excluding hydrogens is 148 g/mol. The fraction of sp³-hybridized carbons (Fsp3) is 0.400. The SMILES string of the molecule is COC(=O)NN1C=NC=NC1. The van der Waals surface area contributed by atoms with Crippen molar-refractivity contribution in [1.29, 1.82) is 0 Å². The lowest BCUT2D eigenvalue weighted by Crippen LogP contribution is -2.42. The second-order valence-electron chi connectivity index (χ2n) is 1.78. The zero-order valence-corrected chi connectivity index (χ0v) is 6.02. The van der Waals surface area contributed by atoms with Crippen LogP contribution in [-0.4, -0.2) is 37.6 Å². The molecule has 1 heterocycles. The Hall–Kier alpha value is -1.59. The highest BCUT2D eigenvalue weighted by molar-refractivity contribution is 5.75. The summed E-state index contributed by atoms with van der Waals surface area (Å²) >= 11 is 0. The van der Waals surface area contributed by atoms with Crippen LogP contribution in [-0.2, 0) is 4.74 Å². The van der Waals surface area contributed by atoms with Crippen molar-refractivity contribution in [2.24, 2.45) is 9.98 Å². The van der Waals surface area contributed by atoms with Gasteiger partial charge >= 0.3 is 6.09 Å². The molecule has 0 fully saturated rings. The number of nitrogens with one attached hydrogen (secondary N) is 1. The number of hydrazine groups is 1. The monoisotopic (exact) mass is 156 g/mol. The van der Waals surface area contributed by atoms with Crippen molar-refractivity contribution in [3.05, 3.63) is 0 Å². The van der Waals surface area contributed by atoms with Crippen molar-refractivity contribution < 1.29 is 9.53 Å². The van der Waals surface area contributed by atoms with Crippen LogP contribution < -0.4 is 5.43 Å². The molecule has 0 aromatic heterocycles. The van der Waals surface area contributed by atoms with Gasteiger partial charge in [-0.2, -0.15) is 0 Å². The molecule has 0 saturated carbocycles. The molecule has 0 aliphatic carbocycles. The number of hydrogen-bond acceptors (Lipinski definition) is 5. The third kappa shape index (κ3) is 2.24. The second kappa shape index (κ2) is 3.55. The number of carbonyl (C=O) groups excluding carboxylic acids is 1. The topological polar surface area (TPSA) is 66.3 Å². The van der Waals surface area contributed by atoms with Gasteiger partial charge in [-0.15, -0.1) is 0 Å². The minimum absolute atomic E-state index is 0.360. The van der Waals surface area contributed by atoms with Crippen LogP contribution in [0.5, 0.6) is 0 Å². The molecule has 0 bridgehead atoms. The van der Waals surface area contributed by atoms with Gasteiger partial charge in [0.15, 0.2) is 0 Å². The molecule has 1 rings (SSSR count). The van der Waals surface area contributed by atoms with Crippen molar-refractivity contribution in [3.8, 4) is 0 Å². The van der Waals surface area contributed by atoms with Gasteiger partial charge in [-0.25, -0.2) is 15.2 Å².